The summed E-state index contributed by atoms with van der Waals surface area (Å²) in [6.07, 6.45) is 7.85. The van der Waals surface area contributed by atoms with Crippen molar-refractivity contribution in [3.63, 3.8) is 0 Å². The van der Waals surface area contributed by atoms with E-state index in [1.165, 1.54) is 12.1 Å². The molecule has 4 aromatic rings. The summed E-state index contributed by atoms with van der Waals surface area (Å²) in [5.74, 6) is 1.02. The highest BCUT2D eigenvalue weighted by Gasteiger charge is 2.25. The largest absolute Gasteiger partial charge is 0.298 e. The highest BCUT2D eigenvalue weighted by atomic mass is 19.1. The van der Waals surface area contributed by atoms with E-state index in [1.54, 1.807) is 6.20 Å². The molecule has 6 heteroatoms. The predicted octanol–water partition coefficient (Wildman–Crippen LogP) is 4.31. The second-order valence-corrected chi connectivity index (χ2v) is 7.63. The first kappa shape index (κ1) is 17.9. The van der Waals surface area contributed by atoms with E-state index in [-0.39, 0.29) is 5.82 Å². The van der Waals surface area contributed by atoms with E-state index in [1.807, 2.05) is 47.2 Å². The highest BCUT2D eigenvalue weighted by Crippen LogP contribution is 2.27. The summed E-state index contributed by atoms with van der Waals surface area (Å²) in [7, 11) is 0. The van der Waals surface area contributed by atoms with Crippen LogP contribution in [0.15, 0.2) is 67.1 Å². The van der Waals surface area contributed by atoms with E-state index in [0.717, 1.165) is 60.6 Å². The smallest absolute Gasteiger partial charge is 0.156 e. The van der Waals surface area contributed by atoms with Crippen LogP contribution in [0.4, 0.5) is 4.39 Å². The molecular formula is C23H22FN5. The highest BCUT2D eigenvalue weighted by molar-refractivity contribution is 5.63. The molecule has 1 saturated heterocycles. The molecule has 0 radical (unpaired) electrons. The van der Waals surface area contributed by atoms with Crippen LogP contribution in [0.25, 0.3) is 16.8 Å². The van der Waals surface area contributed by atoms with Gasteiger partial charge in [-0.1, -0.05) is 18.2 Å². The van der Waals surface area contributed by atoms with E-state index < -0.39 is 0 Å². The molecular weight excluding hydrogens is 365 g/mol. The zero-order chi connectivity index (χ0) is 19.6. The predicted molar refractivity (Wildman–Crippen MR) is 110 cm³/mol. The van der Waals surface area contributed by atoms with Crippen LogP contribution in [0.2, 0.25) is 0 Å². The lowest BCUT2D eigenvalue weighted by atomic mass is 9.97. The summed E-state index contributed by atoms with van der Waals surface area (Å²) in [5.41, 5.74) is 4.14. The number of likely N-dealkylation sites (tertiary alicyclic amines) is 1. The minimum atomic E-state index is -0.190. The minimum absolute atomic E-state index is 0.190. The molecule has 0 saturated carbocycles. The quantitative estimate of drug-likeness (QED) is 0.524. The van der Waals surface area contributed by atoms with Gasteiger partial charge in [-0.15, -0.1) is 0 Å². The van der Waals surface area contributed by atoms with Crippen molar-refractivity contribution in [1.82, 2.24) is 24.5 Å². The van der Waals surface area contributed by atoms with Gasteiger partial charge >= 0.3 is 0 Å². The van der Waals surface area contributed by atoms with Gasteiger partial charge in [-0.3, -0.25) is 9.88 Å². The van der Waals surface area contributed by atoms with Crippen LogP contribution in [0.1, 0.15) is 30.1 Å². The van der Waals surface area contributed by atoms with Crippen molar-refractivity contribution < 1.29 is 4.39 Å². The molecule has 5 nitrogen and oxygen atoms in total. The monoisotopic (exact) mass is 387 g/mol. The Labute approximate surface area is 168 Å². The van der Waals surface area contributed by atoms with Gasteiger partial charge in [-0.05, 0) is 55.3 Å². The fraction of sp³-hybridized carbons (Fsp3) is 0.261. The van der Waals surface area contributed by atoms with Gasteiger partial charge in [-0.25, -0.2) is 13.9 Å². The summed E-state index contributed by atoms with van der Waals surface area (Å²) in [4.78, 5) is 11.4. The summed E-state index contributed by atoms with van der Waals surface area (Å²) in [6, 6.07) is 14.8. The lowest BCUT2D eigenvalue weighted by Crippen LogP contribution is -2.34. The molecule has 1 aliphatic rings. The lowest BCUT2D eigenvalue weighted by Gasteiger charge is -2.31. The molecule has 0 amide bonds. The molecule has 1 fully saturated rings. The number of fused-ring (bicyclic) bond motifs is 1. The summed E-state index contributed by atoms with van der Waals surface area (Å²) < 4.78 is 15.0. The van der Waals surface area contributed by atoms with Crippen LogP contribution in [0.5, 0.6) is 0 Å². The number of rotatable bonds is 4. The van der Waals surface area contributed by atoms with Crippen molar-refractivity contribution in [2.45, 2.75) is 25.3 Å². The number of benzene rings is 1. The molecule has 3 aromatic heterocycles. The standard InChI is InChI=1S/C23H22FN5/c24-21-8-5-17(6-9-21)14-28-12-2-4-20(15-28)23-26-22-10-7-19(16-29(22)27-23)18-3-1-11-25-13-18/h1,3,5-11,13,16,20H,2,4,12,14-15H2/t20-/m1/s1. The van der Waals surface area contributed by atoms with Crippen molar-refractivity contribution in [3.05, 3.63) is 84.3 Å². The first-order valence-electron chi connectivity index (χ1n) is 9.98. The van der Waals surface area contributed by atoms with Crippen molar-refractivity contribution in [1.29, 1.82) is 0 Å². The number of hydrogen-bond donors (Lipinski definition) is 0. The van der Waals surface area contributed by atoms with Crippen molar-refractivity contribution in [3.8, 4) is 11.1 Å². The van der Waals surface area contributed by atoms with E-state index in [4.69, 9.17) is 10.1 Å². The molecule has 1 aromatic carbocycles. The Morgan fingerprint density at radius 3 is 2.76 bits per heavy atom. The average molecular weight is 387 g/mol. The van der Waals surface area contributed by atoms with Gasteiger partial charge in [0.05, 0.1) is 0 Å². The fourth-order valence-electron chi connectivity index (χ4n) is 4.04. The third-order valence-corrected chi connectivity index (χ3v) is 5.53. The summed E-state index contributed by atoms with van der Waals surface area (Å²) >= 11 is 0. The zero-order valence-electron chi connectivity index (χ0n) is 16.1. The molecule has 0 unspecified atom stereocenters. The first-order valence-corrected chi connectivity index (χ1v) is 9.98. The second-order valence-electron chi connectivity index (χ2n) is 7.63. The molecule has 1 aliphatic heterocycles. The van der Waals surface area contributed by atoms with Gasteiger partial charge in [-0.2, -0.15) is 5.10 Å². The van der Waals surface area contributed by atoms with E-state index >= 15 is 0 Å². The van der Waals surface area contributed by atoms with E-state index in [0.29, 0.717) is 5.92 Å². The van der Waals surface area contributed by atoms with Crippen LogP contribution in [0.3, 0.4) is 0 Å². The Kier molecular flexibility index (Phi) is 4.77. The van der Waals surface area contributed by atoms with Crippen LogP contribution in [-0.2, 0) is 6.54 Å². The minimum Gasteiger partial charge on any atom is -0.298 e. The second kappa shape index (κ2) is 7.72. The van der Waals surface area contributed by atoms with Gasteiger partial charge in [0, 0.05) is 48.7 Å². The van der Waals surface area contributed by atoms with Crippen LogP contribution < -0.4 is 0 Å². The molecule has 29 heavy (non-hydrogen) atoms. The van der Waals surface area contributed by atoms with Crippen LogP contribution >= 0.6 is 0 Å². The molecule has 0 bridgehead atoms. The molecule has 4 heterocycles. The van der Waals surface area contributed by atoms with Crippen molar-refractivity contribution >= 4 is 5.65 Å². The van der Waals surface area contributed by atoms with Crippen molar-refractivity contribution in [2.75, 3.05) is 13.1 Å². The number of pyridine rings is 2. The Morgan fingerprint density at radius 2 is 1.93 bits per heavy atom. The van der Waals surface area contributed by atoms with Crippen LogP contribution in [-0.4, -0.2) is 37.6 Å². The number of halogens is 1. The molecule has 0 spiro atoms. The van der Waals surface area contributed by atoms with Gasteiger partial charge in [0.2, 0.25) is 0 Å². The summed E-state index contributed by atoms with van der Waals surface area (Å²) in [6.45, 7) is 2.80. The molecule has 146 valence electrons. The number of nitrogens with zero attached hydrogens (tertiary/aromatic N) is 5. The van der Waals surface area contributed by atoms with Gasteiger partial charge in [0.25, 0.3) is 0 Å². The maximum absolute atomic E-state index is 13.2. The third kappa shape index (κ3) is 3.89. The molecule has 1 atom stereocenters. The van der Waals surface area contributed by atoms with E-state index in [9.17, 15) is 4.39 Å². The molecule has 0 aliphatic carbocycles. The van der Waals surface area contributed by atoms with Gasteiger partial charge in [0.1, 0.15) is 5.82 Å². The first-order chi connectivity index (χ1) is 14.2. The fourth-order valence-corrected chi connectivity index (χ4v) is 4.04. The normalized spacial score (nSPS) is 17.6. The number of piperidine rings is 1. The third-order valence-electron chi connectivity index (χ3n) is 5.53. The Hall–Kier alpha value is -3.12. The zero-order valence-corrected chi connectivity index (χ0v) is 16.1. The Morgan fingerprint density at radius 1 is 1.03 bits per heavy atom. The summed E-state index contributed by atoms with van der Waals surface area (Å²) in [5, 5.41) is 4.78. The SMILES string of the molecule is Fc1ccc(CN2CCC[C@@H](c3nc4ccc(-c5cccnc5)cn4n3)C2)cc1. The van der Waals surface area contributed by atoms with Crippen molar-refractivity contribution in [2.24, 2.45) is 0 Å². The maximum atomic E-state index is 13.2. The maximum Gasteiger partial charge on any atom is 0.156 e. The van der Waals surface area contributed by atoms with Gasteiger partial charge in [0.15, 0.2) is 11.5 Å². The number of hydrogen-bond acceptors (Lipinski definition) is 4. The van der Waals surface area contributed by atoms with E-state index in [2.05, 4.69) is 16.0 Å². The van der Waals surface area contributed by atoms with Crippen LogP contribution in [0, 0.1) is 5.82 Å². The average Bonchev–Trinajstić information content (AvgIpc) is 3.20. The molecule has 0 N–H and O–H groups in total. The Bertz CT molecular complexity index is 1110. The van der Waals surface area contributed by atoms with Gasteiger partial charge < -0.3 is 0 Å². The number of aromatic nitrogens is 4. The molecule has 5 rings (SSSR count). The topological polar surface area (TPSA) is 46.3 Å². The Balaban J connectivity index is 1.35. The lowest BCUT2D eigenvalue weighted by molar-refractivity contribution is 0.196.